The molecule has 0 spiro atoms. The number of anilines is 1. The number of carbonyl (C=O) groups excluding carboxylic acids is 1. The minimum Gasteiger partial charge on any atom is -0.357 e. The van der Waals surface area contributed by atoms with E-state index >= 15 is 0 Å². The van der Waals surface area contributed by atoms with Crippen molar-refractivity contribution in [1.29, 1.82) is 0 Å². The fourth-order valence-corrected chi connectivity index (χ4v) is 5.66. The molecule has 1 aliphatic heterocycles. The van der Waals surface area contributed by atoms with Crippen LogP contribution in [0.25, 0.3) is 11.3 Å². The van der Waals surface area contributed by atoms with E-state index in [-0.39, 0.29) is 23.9 Å². The lowest BCUT2D eigenvalue weighted by atomic mass is 10.1. The highest BCUT2D eigenvalue weighted by molar-refractivity contribution is 7.89. The van der Waals surface area contributed by atoms with Crippen LogP contribution in [0.3, 0.4) is 0 Å². The number of hydrogen-bond acceptors (Lipinski definition) is 6. The van der Waals surface area contributed by atoms with E-state index in [9.17, 15) is 30.8 Å². The van der Waals surface area contributed by atoms with Gasteiger partial charge in [0.1, 0.15) is 11.9 Å². The van der Waals surface area contributed by atoms with E-state index in [4.69, 9.17) is 0 Å². The molecule has 1 aliphatic rings. The van der Waals surface area contributed by atoms with E-state index < -0.39 is 39.5 Å². The average Bonchev–Trinajstić information content (AvgIpc) is 3.38. The monoisotopic (exact) mass is 537 g/mol. The maximum Gasteiger partial charge on any atom is 0.416 e. The molecule has 0 bridgehead atoms. The third-order valence-electron chi connectivity index (χ3n) is 5.88. The molecule has 1 saturated heterocycles. The van der Waals surface area contributed by atoms with Crippen LogP contribution in [0.5, 0.6) is 0 Å². The van der Waals surface area contributed by atoms with Crippen LogP contribution in [0.1, 0.15) is 24.1 Å². The topological polar surface area (TPSA) is 104 Å². The quantitative estimate of drug-likeness (QED) is 0.445. The number of sulfonamides is 1. The van der Waals surface area contributed by atoms with Gasteiger partial charge in [0, 0.05) is 19.2 Å². The van der Waals surface area contributed by atoms with Crippen LogP contribution in [0.4, 0.5) is 23.5 Å². The Labute approximate surface area is 210 Å². The Morgan fingerprint density at radius 1 is 1.08 bits per heavy atom. The van der Waals surface area contributed by atoms with Crippen LogP contribution in [0, 0.1) is 5.82 Å². The maximum absolute atomic E-state index is 13.2. The minimum absolute atomic E-state index is 0.0649. The van der Waals surface area contributed by atoms with Crippen molar-refractivity contribution in [1.82, 2.24) is 19.6 Å². The summed E-state index contributed by atoms with van der Waals surface area (Å²) < 4.78 is 79.1. The summed E-state index contributed by atoms with van der Waals surface area (Å²) in [7, 11) is -2.44. The molecule has 4 rings (SSSR count). The lowest BCUT2D eigenvalue weighted by Crippen LogP contribution is -2.45. The normalized spacial score (nSPS) is 16.5. The molecule has 1 atom stereocenters. The predicted molar refractivity (Wildman–Crippen MR) is 127 cm³/mol. The van der Waals surface area contributed by atoms with Crippen LogP contribution in [-0.4, -0.2) is 48.2 Å². The van der Waals surface area contributed by atoms with E-state index in [2.05, 4.69) is 20.6 Å². The van der Waals surface area contributed by atoms with Crippen molar-refractivity contribution in [2.24, 2.45) is 0 Å². The molecule has 1 aromatic heterocycles. The second kappa shape index (κ2) is 10.4. The van der Waals surface area contributed by atoms with Crippen LogP contribution >= 0.6 is 0 Å². The number of nitrogens with one attached hydrogen (secondary N) is 2. The zero-order valence-corrected chi connectivity index (χ0v) is 20.4. The predicted octanol–water partition coefficient (Wildman–Crippen LogP) is 3.81. The molecule has 1 amide bonds. The van der Waals surface area contributed by atoms with Gasteiger partial charge < -0.3 is 10.6 Å². The Kier molecular flexibility index (Phi) is 7.46. The number of amides is 1. The maximum atomic E-state index is 13.2. The number of carbonyl (C=O) groups is 1. The van der Waals surface area contributed by atoms with Gasteiger partial charge in [0.15, 0.2) is 0 Å². The summed E-state index contributed by atoms with van der Waals surface area (Å²) in [6, 6.07) is 9.47. The standard InChI is InChI=1S/C24H23F4N5O3S/c1-29-23-31-18(13-20(32-23)15-4-6-16(7-5-15)24(26,27)28)14-30-22(34)21-3-2-12-33(21)37(35,36)19-10-8-17(25)9-11-19/h4-11,13,21H,2-3,12,14H2,1H3,(H,30,34)(H,29,31,32)/t21-/m0/s1. The molecular weight excluding hydrogens is 514 g/mol. The first-order valence-electron chi connectivity index (χ1n) is 11.3. The van der Waals surface area contributed by atoms with Gasteiger partial charge in [-0.25, -0.2) is 22.8 Å². The Bertz CT molecular complexity index is 1380. The molecule has 0 radical (unpaired) electrons. The second-order valence-corrected chi connectivity index (χ2v) is 10.2. The highest BCUT2D eigenvalue weighted by Gasteiger charge is 2.39. The van der Waals surface area contributed by atoms with Gasteiger partial charge in [-0.3, -0.25) is 4.79 Å². The minimum atomic E-state index is -4.46. The number of nitrogens with zero attached hydrogens (tertiary/aromatic N) is 3. The van der Waals surface area contributed by atoms with Gasteiger partial charge in [0.05, 0.1) is 28.4 Å². The molecule has 3 aromatic rings. The van der Waals surface area contributed by atoms with Gasteiger partial charge in [-0.2, -0.15) is 17.5 Å². The van der Waals surface area contributed by atoms with E-state index in [1.807, 2.05) is 0 Å². The number of benzene rings is 2. The molecule has 2 aromatic carbocycles. The molecule has 0 unspecified atom stereocenters. The number of alkyl halides is 3. The molecule has 2 heterocycles. The average molecular weight is 538 g/mol. The van der Waals surface area contributed by atoms with Crippen molar-refractivity contribution in [3.8, 4) is 11.3 Å². The summed E-state index contributed by atoms with van der Waals surface area (Å²) in [5, 5.41) is 5.47. The second-order valence-electron chi connectivity index (χ2n) is 8.34. The first-order chi connectivity index (χ1) is 17.5. The van der Waals surface area contributed by atoms with Crippen molar-refractivity contribution in [2.75, 3.05) is 18.9 Å². The fraction of sp³-hybridized carbons (Fsp3) is 0.292. The van der Waals surface area contributed by atoms with Crippen molar-refractivity contribution in [3.63, 3.8) is 0 Å². The molecule has 1 fully saturated rings. The molecule has 2 N–H and O–H groups in total. The SMILES string of the molecule is CNc1nc(CNC(=O)[C@@H]2CCCN2S(=O)(=O)c2ccc(F)cc2)cc(-c2ccc(C(F)(F)F)cc2)n1. The van der Waals surface area contributed by atoms with Crippen molar-refractivity contribution in [2.45, 2.75) is 36.5 Å². The van der Waals surface area contributed by atoms with E-state index in [1.165, 1.54) is 18.2 Å². The first-order valence-corrected chi connectivity index (χ1v) is 12.7. The largest absolute Gasteiger partial charge is 0.416 e. The summed E-state index contributed by atoms with van der Waals surface area (Å²) in [5.41, 5.74) is 0.349. The van der Waals surface area contributed by atoms with Gasteiger partial charge >= 0.3 is 6.18 Å². The smallest absolute Gasteiger partial charge is 0.357 e. The van der Waals surface area contributed by atoms with E-state index in [0.717, 1.165) is 40.7 Å². The summed E-state index contributed by atoms with van der Waals surface area (Å²) in [5.74, 6) is -0.900. The lowest BCUT2D eigenvalue weighted by molar-refractivity contribution is -0.137. The zero-order valence-electron chi connectivity index (χ0n) is 19.6. The van der Waals surface area contributed by atoms with Gasteiger partial charge in [-0.05, 0) is 55.3 Å². The summed E-state index contributed by atoms with van der Waals surface area (Å²) in [4.78, 5) is 21.4. The van der Waals surface area contributed by atoms with Crippen molar-refractivity contribution >= 4 is 21.9 Å². The lowest BCUT2D eigenvalue weighted by Gasteiger charge is -2.23. The fourth-order valence-electron chi connectivity index (χ4n) is 4.01. The van der Waals surface area contributed by atoms with Crippen LogP contribution in [-0.2, 0) is 27.5 Å². The molecule has 37 heavy (non-hydrogen) atoms. The van der Waals surface area contributed by atoms with Gasteiger partial charge in [0.2, 0.25) is 21.9 Å². The van der Waals surface area contributed by atoms with Gasteiger partial charge in [0.25, 0.3) is 0 Å². The first kappa shape index (κ1) is 26.5. The van der Waals surface area contributed by atoms with Crippen LogP contribution in [0.15, 0.2) is 59.5 Å². The Hall–Kier alpha value is -3.58. The van der Waals surface area contributed by atoms with Gasteiger partial charge in [-0.15, -0.1) is 0 Å². The highest BCUT2D eigenvalue weighted by atomic mass is 32.2. The molecular formula is C24H23F4N5O3S. The summed E-state index contributed by atoms with van der Waals surface area (Å²) >= 11 is 0. The highest BCUT2D eigenvalue weighted by Crippen LogP contribution is 2.31. The number of hydrogen-bond donors (Lipinski definition) is 2. The Morgan fingerprint density at radius 3 is 2.38 bits per heavy atom. The van der Waals surface area contributed by atoms with Crippen LogP contribution in [0.2, 0.25) is 0 Å². The van der Waals surface area contributed by atoms with Crippen LogP contribution < -0.4 is 10.6 Å². The zero-order chi connectivity index (χ0) is 26.8. The Balaban J connectivity index is 1.50. The molecule has 13 heteroatoms. The van der Waals surface area contributed by atoms with Crippen molar-refractivity contribution in [3.05, 3.63) is 71.7 Å². The third-order valence-corrected chi connectivity index (χ3v) is 7.80. The number of rotatable bonds is 7. The third kappa shape index (κ3) is 5.88. The summed E-state index contributed by atoms with van der Waals surface area (Å²) in [6.45, 7) is 0.0812. The molecule has 0 aliphatic carbocycles. The van der Waals surface area contributed by atoms with Crippen molar-refractivity contribution < 1.29 is 30.8 Å². The number of aromatic nitrogens is 2. The molecule has 196 valence electrons. The van der Waals surface area contributed by atoms with Gasteiger partial charge in [-0.1, -0.05) is 12.1 Å². The van der Waals surface area contributed by atoms with E-state index in [1.54, 1.807) is 7.05 Å². The van der Waals surface area contributed by atoms with E-state index in [0.29, 0.717) is 29.8 Å². The number of halogens is 4. The molecule has 8 nitrogen and oxygen atoms in total. The Morgan fingerprint density at radius 2 is 1.76 bits per heavy atom. The summed E-state index contributed by atoms with van der Waals surface area (Å²) in [6.07, 6.45) is -3.67. The molecule has 0 saturated carbocycles.